The monoisotopic (exact) mass is 277 g/mol. The Morgan fingerprint density at radius 1 is 1.35 bits per heavy atom. The fourth-order valence-electron chi connectivity index (χ4n) is 3.05. The summed E-state index contributed by atoms with van der Waals surface area (Å²) in [4.78, 5) is 24.9. The minimum Gasteiger partial charge on any atom is -0.378 e. The average molecular weight is 277 g/mol. The number of carbonyl (C=O) groups excluding carboxylic acids is 2. The molecule has 5 nitrogen and oxygen atoms in total. The molecule has 0 atom stereocenters. The lowest BCUT2D eigenvalue weighted by molar-refractivity contribution is 0.0917. The molecule has 0 bridgehead atoms. The Balaban J connectivity index is 1.83. The third-order valence-corrected chi connectivity index (χ3v) is 4.21. The molecule has 2 amide bonds. The lowest BCUT2D eigenvalue weighted by Crippen LogP contribution is -2.54. The van der Waals surface area contributed by atoms with E-state index < -0.39 is 11.8 Å². The Morgan fingerprint density at radius 3 is 2.70 bits per heavy atom. The summed E-state index contributed by atoms with van der Waals surface area (Å²) in [5, 5.41) is 3.36. The molecule has 3 rings (SSSR count). The van der Waals surface area contributed by atoms with Crippen LogP contribution in [0.3, 0.4) is 0 Å². The van der Waals surface area contributed by atoms with Crippen LogP contribution in [-0.4, -0.2) is 35.3 Å². The molecule has 1 saturated heterocycles. The van der Waals surface area contributed by atoms with Gasteiger partial charge in [-0.2, -0.15) is 0 Å². The number of Topliss-reactive ketones (excluding diaryl/α,β-unsaturated/α-hetero) is 1. The van der Waals surface area contributed by atoms with Crippen LogP contribution in [0.15, 0.2) is 18.2 Å². The van der Waals surface area contributed by atoms with Crippen molar-refractivity contribution < 1.29 is 14.0 Å². The van der Waals surface area contributed by atoms with Crippen molar-refractivity contribution in [1.29, 1.82) is 0 Å². The number of primary amides is 1. The van der Waals surface area contributed by atoms with Crippen molar-refractivity contribution in [3.8, 4) is 0 Å². The van der Waals surface area contributed by atoms with Crippen LogP contribution >= 0.6 is 0 Å². The van der Waals surface area contributed by atoms with Crippen LogP contribution in [0.4, 0.5) is 14.9 Å². The fourth-order valence-corrected chi connectivity index (χ4v) is 3.05. The van der Waals surface area contributed by atoms with Gasteiger partial charge in [-0.05, 0) is 31.0 Å². The second-order valence-electron chi connectivity index (χ2n) is 5.52. The highest BCUT2D eigenvalue weighted by molar-refractivity contribution is 6.04. The van der Waals surface area contributed by atoms with E-state index >= 15 is 0 Å². The molecule has 6 heteroatoms. The number of hydrogen-bond acceptors (Lipinski definition) is 3. The zero-order valence-corrected chi connectivity index (χ0v) is 11.0. The van der Waals surface area contributed by atoms with Crippen LogP contribution in [0.25, 0.3) is 0 Å². The summed E-state index contributed by atoms with van der Waals surface area (Å²) >= 11 is 0. The molecule has 2 heterocycles. The van der Waals surface area contributed by atoms with E-state index in [1.54, 1.807) is 11.0 Å². The molecule has 2 aliphatic heterocycles. The number of nitrogens with two attached hydrogens (primary N) is 1. The van der Waals surface area contributed by atoms with E-state index in [0.29, 0.717) is 43.6 Å². The number of halogens is 1. The number of carbonyl (C=O) groups is 2. The molecular weight excluding hydrogens is 261 g/mol. The van der Waals surface area contributed by atoms with Gasteiger partial charge in [-0.15, -0.1) is 0 Å². The number of rotatable bonds is 0. The number of amides is 2. The number of urea groups is 1. The summed E-state index contributed by atoms with van der Waals surface area (Å²) in [5.41, 5.74) is 6.01. The second-order valence-corrected chi connectivity index (χ2v) is 5.52. The van der Waals surface area contributed by atoms with Gasteiger partial charge in [-0.3, -0.25) is 4.79 Å². The van der Waals surface area contributed by atoms with Gasteiger partial charge in [0, 0.05) is 36.3 Å². The van der Waals surface area contributed by atoms with Crippen molar-refractivity contribution in [1.82, 2.24) is 4.90 Å². The van der Waals surface area contributed by atoms with Crippen LogP contribution in [-0.2, 0) is 0 Å². The van der Waals surface area contributed by atoms with Gasteiger partial charge in [-0.25, -0.2) is 9.18 Å². The van der Waals surface area contributed by atoms with Crippen molar-refractivity contribution >= 4 is 17.5 Å². The van der Waals surface area contributed by atoms with E-state index in [1.165, 1.54) is 12.1 Å². The van der Waals surface area contributed by atoms with Crippen LogP contribution in [0, 0.1) is 5.82 Å². The summed E-state index contributed by atoms with van der Waals surface area (Å²) in [6.07, 6.45) is 1.66. The molecular formula is C14H16FN3O2. The number of hydrogen-bond donors (Lipinski definition) is 2. The van der Waals surface area contributed by atoms with Gasteiger partial charge < -0.3 is 16.0 Å². The van der Waals surface area contributed by atoms with Crippen LogP contribution in [0.1, 0.15) is 29.6 Å². The normalized spacial score (nSPS) is 20.4. The quantitative estimate of drug-likeness (QED) is 0.758. The third-order valence-electron chi connectivity index (χ3n) is 4.21. The highest BCUT2D eigenvalue weighted by Gasteiger charge is 2.41. The molecule has 2 aliphatic rings. The topological polar surface area (TPSA) is 75.4 Å². The van der Waals surface area contributed by atoms with Gasteiger partial charge in [0.2, 0.25) is 0 Å². The number of likely N-dealkylation sites (tertiary alicyclic amines) is 1. The first-order valence-corrected chi connectivity index (χ1v) is 6.64. The number of anilines is 1. The maximum absolute atomic E-state index is 13.2. The minimum absolute atomic E-state index is 0.0502. The average Bonchev–Trinajstić information content (AvgIpc) is 2.40. The highest BCUT2D eigenvalue weighted by atomic mass is 19.1. The fraction of sp³-hybridized carbons (Fsp3) is 0.429. The Morgan fingerprint density at radius 2 is 2.05 bits per heavy atom. The zero-order chi connectivity index (χ0) is 14.3. The zero-order valence-electron chi connectivity index (χ0n) is 11.0. The maximum atomic E-state index is 13.2. The standard InChI is InChI=1S/C14H16FN3O2/c15-9-1-2-11-10(7-9)12(19)8-14(17-11)3-5-18(6-4-14)13(16)20/h1-2,7,17H,3-6,8H2,(H2,16,20). The number of benzene rings is 1. The molecule has 106 valence electrons. The molecule has 1 spiro atoms. The molecule has 1 aromatic carbocycles. The van der Waals surface area contributed by atoms with E-state index in [2.05, 4.69) is 5.32 Å². The molecule has 0 aromatic heterocycles. The van der Waals surface area contributed by atoms with E-state index in [0.717, 1.165) is 0 Å². The molecule has 0 saturated carbocycles. The summed E-state index contributed by atoms with van der Waals surface area (Å²) < 4.78 is 13.2. The Bertz CT molecular complexity index is 580. The molecule has 1 aromatic rings. The smallest absolute Gasteiger partial charge is 0.314 e. The SMILES string of the molecule is NC(=O)N1CCC2(CC1)CC(=O)c1cc(F)ccc1N2. The Kier molecular flexibility index (Phi) is 2.88. The van der Waals surface area contributed by atoms with Gasteiger partial charge in [0.05, 0.1) is 0 Å². The van der Waals surface area contributed by atoms with Gasteiger partial charge in [0.15, 0.2) is 5.78 Å². The summed E-state index contributed by atoms with van der Waals surface area (Å²) in [6.45, 7) is 1.07. The predicted octanol–water partition coefficient (Wildman–Crippen LogP) is 1.74. The Labute approximate surface area is 115 Å². The largest absolute Gasteiger partial charge is 0.378 e. The van der Waals surface area contributed by atoms with Crippen LogP contribution < -0.4 is 11.1 Å². The van der Waals surface area contributed by atoms with Crippen LogP contribution in [0.5, 0.6) is 0 Å². The van der Waals surface area contributed by atoms with Gasteiger partial charge >= 0.3 is 6.03 Å². The second kappa shape index (κ2) is 4.47. The molecule has 1 fully saturated rings. The molecule has 0 unspecified atom stereocenters. The van der Waals surface area contributed by atoms with Gasteiger partial charge in [0.25, 0.3) is 0 Å². The van der Waals surface area contributed by atoms with Crippen molar-refractivity contribution in [2.45, 2.75) is 24.8 Å². The summed E-state index contributed by atoms with van der Waals surface area (Å²) in [5.74, 6) is -0.454. The number of ketones is 1. The maximum Gasteiger partial charge on any atom is 0.314 e. The van der Waals surface area contributed by atoms with Gasteiger partial charge in [0.1, 0.15) is 5.82 Å². The van der Waals surface area contributed by atoms with E-state index in [4.69, 9.17) is 5.73 Å². The number of piperidine rings is 1. The first kappa shape index (κ1) is 12.9. The van der Waals surface area contributed by atoms with Crippen molar-refractivity contribution in [2.24, 2.45) is 5.73 Å². The lowest BCUT2D eigenvalue weighted by atomic mass is 9.78. The first-order valence-electron chi connectivity index (χ1n) is 6.64. The summed E-state index contributed by atoms with van der Waals surface area (Å²) in [7, 11) is 0. The number of fused-ring (bicyclic) bond motifs is 1. The number of nitrogens with one attached hydrogen (secondary N) is 1. The van der Waals surface area contributed by atoms with Crippen molar-refractivity contribution in [3.63, 3.8) is 0 Å². The van der Waals surface area contributed by atoms with E-state index in [-0.39, 0.29) is 11.3 Å². The lowest BCUT2D eigenvalue weighted by Gasteiger charge is -2.44. The van der Waals surface area contributed by atoms with Crippen molar-refractivity contribution in [3.05, 3.63) is 29.6 Å². The molecule has 0 radical (unpaired) electrons. The molecule has 20 heavy (non-hydrogen) atoms. The number of nitrogens with zero attached hydrogens (tertiary/aromatic N) is 1. The van der Waals surface area contributed by atoms with E-state index in [1.807, 2.05) is 0 Å². The molecule has 0 aliphatic carbocycles. The van der Waals surface area contributed by atoms with Gasteiger partial charge in [-0.1, -0.05) is 0 Å². The highest BCUT2D eigenvalue weighted by Crippen LogP contribution is 2.37. The van der Waals surface area contributed by atoms with E-state index in [9.17, 15) is 14.0 Å². The molecule has 3 N–H and O–H groups in total. The predicted molar refractivity (Wildman–Crippen MR) is 72.1 cm³/mol. The van der Waals surface area contributed by atoms with Crippen LogP contribution in [0.2, 0.25) is 0 Å². The first-order chi connectivity index (χ1) is 9.49. The summed E-state index contributed by atoms with van der Waals surface area (Å²) in [6, 6.07) is 3.79. The Hall–Kier alpha value is -2.11. The minimum atomic E-state index is -0.426. The third kappa shape index (κ3) is 2.11. The van der Waals surface area contributed by atoms with Crippen molar-refractivity contribution in [2.75, 3.05) is 18.4 Å².